The molecule has 2 N–H and O–H groups in total. The molecule has 3 heteroatoms. The monoisotopic (exact) mass is 225 g/mol. The molecule has 86 valence electrons. The van der Waals surface area contributed by atoms with Crippen molar-refractivity contribution in [1.82, 2.24) is 10.2 Å². The summed E-state index contributed by atoms with van der Waals surface area (Å²) in [5.41, 5.74) is 9.48. The van der Waals surface area contributed by atoms with Gasteiger partial charge in [-0.3, -0.25) is 0 Å². The van der Waals surface area contributed by atoms with E-state index in [2.05, 4.69) is 40.5 Å². The number of rotatable bonds is 1. The van der Waals surface area contributed by atoms with E-state index in [1.54, 1.807) is 0 Å². The van der Waals surface area contributed by atoms with Crippen LogP contribution in [0.2, 0.25) is 0 Å². The third kappa shape index (κ3) is 2.00. The second-order valence-electron chi connectivity index (χ2n) is 4.59. The number of nitrogens with zero attached hydrogens (tertiary/aromatic N) is 2. The summed E-state index contributed by atoms with van der Waals surface area (Å²) in [6.07, 6.45) is 3.18. The van der Waals surface area contributed by atoms with Crippen LogP contribution < -0.4 is 5.73 Å². The van der Waals surface area contributed by atoms with Crippen LogP contribution in [0.15, 0.2) is 36.4 Å². The van der Waals surface area contributed by atoms with E-state index in [1.165, 1.54) is 11.1 Å². The number of aromatic nitrogens is 2. The Labute approximate surface area is 101 Å². The molecule has 1 unspecified atom stereocenters. The quantitative estimate of drug-likeness (QED) is 0.810. The minimum absolute atomic E-state index is 0.525. The molecule has 1 atom stereocenters. The Bertz CT molecular complexity index is 522. The van der Waals surface area contributed by atoms with Gasteiger partial charge in [-0.2, -0.15) is 5.10 Å². The van der Waals surface area contributed by atoms with Crippen molar-refractivity contribution in [2.75, 3.05) is 5.73 Å². The molecule has 1 aliphatic carbocycles. The molecule has 0 spiro atoms. The van der Waals surface area contributed by atoms with Crippen molar-refractivity contribution in [3.63, 3.8) is 0 Å². The number of aryl methyl sites for hydroxylation is 1. The van der Waals surface area contributed by atoms with E-state index in [0.29, 0.717) is 11.7 Å². The molecule has 17 heavy (non-hydrogen) atoms. The minimum Gasteiger partial charge on any atom is -0.382 e. The van der Waals surface area contributed by atoms with Crippen LogP contribution in [0, 0.1) is 0 Å². The van der Waals surface area contributed by atoms with Gasteiger partial charge in [-0.15, -0.1) is 5.10 Å². The summed E-state index contributed by atoms with van der Waals surface area (Å²) in [6, 6.07) is 12.6. The molecule has 0 fully saturated rings. The predicted molar refractivity (Wildman–Crippen MR) is 67.7 cm³/mol. The summed E-state index contributed by atoms with van der Waals surface area (Å²) in [5, 5.41) is 8.09. The molecule has 1 aromatic carbocycles. The van der Waals surface area contributed by atoms with Gasteiger partial charge in [0.1, 0.15) is 5.82 Å². The maximum Gasteiger partial charge on any atom is 0.146 e. The van der Waals surface area contributed by atoms with Crippen LogP contribution in [0.4, 0.5) is 5.82 Å². The number of hydrogen-bond acceptors (Lipinski definition) is 3. The summed E-state index contributed by atoms with van der Waals surface area (Å²) in [5.74, 6) is 1.12. The zero-order chi connectivity index (χ0) is 11.7. The number of benzene rings is 1. The fraction of sp³-hybridized carbons (Fsp3) is 0.286. The van der Waals surface area contributed by atoms with Gasteiger partial charge in [-0.25, -0.2) is 0 Å². The number of anilines is 1. The fourth-order valence-corrected chi connectivity index (χ4v) is 2.55. The molecule has 1 heterocycles. The van der Waals surface area contributed by atoms with E-state index in [4.69, 9.17) is 5.73 Å². The largest absolute Gasteiger partial charge is 0.382 e. The second-order valence-corrected chi connectivity index (χ2v) is 4.59. The van der Waals surface area contributed by atoms with Gasteiger partial charge < -0.3 is 5.73 Å². The van der Waals surface area contributed by atoms with Crippen LogP contribution >= 0.6 is 0 Å². The number of nitrogen functional groups attached to an aromatic ring is 1. The lowest BCUT2D eigenvalue weighted by atomic mass is 9.82. The van der Waals surface area contributed by atoms with E-state index in [-0.39, 0.29) is 0 Å². The van der Waals surface area contributed by atoms with Crippen molar-refractivity contribution in [3.05, 3.63) is 53.2 Å². The number of nitrogens with two attached hydrogens (primary N) is 1. The first-order chi connectivity index (χ1) is 8.33. The van der Waals surface area contributed by atoms with Crippen molar-refractivity contribution >= 4 is 5.82 Å². The number of hydrogen-bond donors (Lipinski definition) is 1. The van der Waals surface area contributed by atoms with Gasteiger partial charge in [-0.05, 0) is 42.4 Å². The first kappa shape index (κ1) is 10.3. The summed E-state index contributed by atoms with van der Waals surface area (Å²) in [6.45, 7) is 0. The second kappa shape index (κ2) is 4.17. The Morgan fingerprint density at radius 1 is 1.12 bits per heavy atom. The van der Waals surface area contributed by atoms with Crippen LogP contribution in [0.25, 0.3) is 0 Å². The molecule has 3 rings (SSSR count). The van der Waals surface area contributed by atoms with Crippen LogP contribution in [0.5, 0.6) is 0 Å². The van der Waals surface area contributed by atoms with E-state index in [9.17, 15) is 0 Å². The Balaban J connectivity index is 1.90. The lowest BCUT2D eigenvalue weighted by molar-refractivity contribution is 0.568. The predicted octanol–water partition coefficient (Wildman–Crippen LogP) is 2.33. The van der Waals surface area contributed by atoms with E-state index < -0.39 is 0 Å². The zero-order valence-corrected chi connectivity index (χ0v) is 9.63. The maximum atomic E-state index is 5.69. The lowest BCUT2D eigenvalue weighted by Crippen LogP contribution is -2.15. The first-order valence-electron chi connectivity index (χ1n) is 5.99. The van der Waals surface area contributed by atoms with Gasteiger partial charge in [0, 0.05) is 0 Å². The molecule has 0 saturated heterocycles. The maximum absolute atomic E-state index is 5.69. The van der Waals surface area contributed by atoms with Crippen LogP contribution in [-0.4, -0.2) is 10.2 Å². The van der Waals surface area contributed by atoms with E-state index >= 15 is 0 Å². The SMILES string of the molecule is Nc1cc2c(nn1)CCC(c1ccccc1)C2. The van der Waals surface area contributed by atoms with Crippen molar-refractivity contribution in [2.45, 2.75) is 25.2 Å². The number of fused-ring (bicyclic) bond motifs is 1. The standard InChI is InChI=1S/C14H15N3/c15-14-9-12-8-11(6-7-13(12)16-17-14)10-4-2-1-3-5-10/h1-5,9,11H,6-8H2,(H2,15,17). The van der Waals surface area contributed by atoms with E-state index in [1.807, 2.05) is 6.07 Å². The molecule has 1 aromatic heterocycles. The van der Waals surface area contributed by atoms with Crippen LogP contribution in [-0.2, 0) is 12.8 Å². The minimum atomic E-state index is 0.525. The van der Waals surface area contributed by atoms with Gasteiger partial charge in [-0.1, -0.05) is 30.3 Å². The Morgan fingerprint density at radius 3 is 2.76 bits per heavy atom. The van der Waals surface area contributed by atoms with Gasteiger partial charge in [0.15, 0.2) is 0 Å². The first-order valence-corrected chi connectivity index (χ1v) is 5.99. The van der Waals surface area contributed by atoms with Crippen molar-refractivity contribution in [1.29, 1.82) is 0 Å². The van der Waals surface area contributed by atoms with Crippen LogP contribution in [0.1, 0.15) is 29.2 Å². The third-order valence-corrected chi connectivity index (χ3v) is 3.45. The highest BCUT2D eigenvalue weighted by Crippen LogP contribution is 2.31. The molecule has 0 saturated carbocycles. The van der Waals surface area contributed by atoms with Gasteiger partial charge >= 0.3 is 0 Å². The average Bonchev–Trinajstić information content (AvgIpc) is 2.39. The summed E-state index contributed by atoms with van der Waals surface area (Å²) in [4.78, 5) is 0. The third-order valence-electron chi connectivity index (χ3n) is 3.45. The fourth-order valence-electron chi connectivity index (χ4n) is 2.55. The molecular weight excluding hydrogens is 210 g/mol. The Kier molecular flexibility index (Phi) is 2.52. The molecule has 0 radical (unpaired) electrons. The molecule has 1 aliphatic rings. The topological polar surface area (TPSA) is 51.8 Å². The normalized spacial score (nSPS) is 18.7. The highest BCUT2D eigenvalue weighted by molar-refractivity contribution is 5.37. The highest BCUT2D eigenvalue weighted by Gasteiger charge is 2.21. The molecule has 0 amide bonds. The molecular formula is C14H15N3. The van der Waals surface area contributed by atoms with Gasteiger partial charge in [0.25, 0.3) is 0 Å². The smallest absolute Gasteiger partial charge is 0.146 e. The summed E-state index contributed by atoms with van der Waals surface area (Å²) < 4.78 is 0. The highest BCUT2D eigenvalue weighted by atomic mass is 15.1. The van der Waals surface area contributed by atoms with Crippen LogP contribution in [0.3, 0.4) is 0 Å². The molecule has 0 bridgehead atoms. The lowest BCUT2D eigenvalue weighted by Gasteiger charge is -2.23. The molecule has 2 aromatic rings. The van der Waals surface area contributed by atoms with Crippen molar-refractivity contribution in [3.8, 4) is 0 Å². The van der Waals surface area contributed by atoms with Gasteiger partial charge in [0.2, 0.25) is 0 Å². The molecule has 3 nitrogen and oxygen atoms in total. The van der Waals surface area contributed by atoms with Crippen molar-refractivity contribution in [2.24, 2.45) is 0 Å². The zero-order valence-electron chi connectivity index (χ0n) is 9.63. The van der Waals surface area contributed by atoms with Crippen molar-refractivity contribution < 1.29 is 0 Å². The Hall–Kier alpha value is -1.90. The average molecular weight is 225 g/mol. The molecule has 0 aliphatic heterocycles. The summed E-state index contributed by atoms with van der Waals surface area (Å²) >= 11 is 0. The summed E-state index contributed by atoms with van der Waals surface area (Å²) in [7, 11) is 0. The Morgan fingerprint density at radius 2 is 1.94 bits per heavy atom. The van der Waals surface area contributed by atoms with E-state index in [0.717, 1.165) is 25.0 Å². The van der Waals surface area contributed by atoms with Gasteiger partial charge in [0.05, 0.1) is 5.69 Å².